The van der Waals surface area contributed by atoms with Gasteiger partial charge in [-0.2, -0.15) is 0 Å². The third-order valence-corrected chi connectivity index (χ3v) is 3.93. The average Bonchev–Trinajstić information content (AvgIpc) is 2.59. The van der Waals surface area contributed by atoms with Gasteiger partial charge in [0.1, 0.15) is 0 Å². The molecule has 17 heavy (non-hydrogen) atoms. The van der Waals surface area contributed by atoms with E-state index < -0.39 is 10.0 Å². The summed E-state index contributed by atoms with van der Waals surface area (Å²) in [5.74, 6) is -0.00928. The standard InChI is InChI=1S/C12H18N2O2S/c1-9-2-3-10-4-5-12(11(10)8-9)14-6-7-17(13,15)16/h2-3,8,12,14H,4-7H2,1H3,(H2,13,15,16). The average molecular weight is 254 g/mol. The molecule has 0 spiro atoms. The van der Waals surface area contributed by atoms with Crippen LogP contribution < -0.4 is 10.5 Å². The summed E-state index contributed by atoms with van der Waals surface area (Å²) in [6.07, 6.45) is 2.09. The fraction of sp³-hybridized carbons (Fsp3) is 0.500. The summed E-state index contributed by atoms with van der Waals surface area (Å²) in [4.78, 5) is 0. The number of aryl methyl sites for hydroxylation is 2. The molecule has 0 bridgehead atoms. The van der Waals surface area contributed by atoms with Crippen LogP contribution in [0.25, 0.3) is 0 Å². The molecule has 1 atom stereocenters. The van der Waals surface area contributed by atoms with Crippen molar-refractivity contribution in [2.75, 3.05) is 12.3 Å². The van der Waals surface area contributed by atoms with Crippen LogP contribution in [0.4, 0.5) is 0 Å². The molecule has 0 saturated carbocycles. The molecule has 1 aliphatic rings. The van der Waals surface area contributed by atoms with Gasteiger partial charge in [-0.15, -0.1) is 0 Å². The molecule has 0 heterocycles. The van der Waals surface area contributed by atoms with Crippen molar-refractivity contribution >= 4 is 10.0 Å². The zero-order chi connectivity index (χ0) is 12.5. The van der Waals surface area contributed by atoms with E-state index in [4.69, 9.17) is 5.14 Å². The van der Waals surface area contributed by atoms with Crippen LogP contribution in [0.3, 0.4) is 0 Å². The van der Waals surface area contributed by atoms with Crippen molar-refractivity contribution in [3.8, 4) is 0 Å². The Morgan fingerprint density at radius 1 is 1.47 bits per heavy atom. The van der Waals surface area contributed by atoms with Crippen LogP contribution in [0.15, 0.2) is 18.2 Å². The normalized spacial score (nSPS) is 19.3. The Morgan fingerprint density at radius 2 is 2.24 bits per heavy atom. The fourth-order valence-electron chi connectivity index (χ4n) is 2.31. The van der Waals surface area contributed by atoms with Crippen LogP contribution in [-0.4, -0.2) is 20.7 Å². The van der Waals surface area contributed by atoms with E-state index in [1.807, 2.05) is 0 Å². The molecular weight excluding hydrogens is 236 g/mol. The molecule has 1 aromatic carbocycles. The summed E-state index contributed by atoms with van der Waals surface area (Å²) in [6, 6.07) is 6.72. The number of nitrogens with one attached hydrogen (secondary N) is 1. The van der Waals surface area contributed by atoms with E-state index in [0.29, 0.717) is 6.54 Å². The molecule has 1 aliphatic carbocycles. The molecule has 0 fully saturated rings. The minimum absolute atomic E-state index is 0.00928. The van der Waals surface area contributed by atoms with Crippen molar-refractivity contribution in [2.45, 2.75) is 25.8 Å². The first-order valence-corrected chi connectivity index (χ1v) is 7.50. The van der Waals surface area contributed by atoms with Gasteiger partial charge in [0.15, 0.2) is 0 Å². The number of hydrogen-bond donors (Lipinski definition) is 2. The highest BCUT2D eigenvalue weighted by Gasteiger charge is 2.21. The van der Waals surface area contributed by atoms with Gasteiger partial charge in [-0.05, 0) is 30.9 Å². The Kier molecular flexibility index (Phi) is 3.51. The second-order valence-electron chi connectivity index (χ2n) is 4.61. The molecule has 4 nitrogen and oxygen atoms in total. The maximum atomic E-state index is 10.8. The molecule has 1 unspecified atom stereocenters. The molecule has 0 saturated heterocycles. The highest BCUT2D eigenvalue weighted by molar-refractivity contribution is 7.89. The molecule has 5 heteroatoms. The zero-order valence-electron chi connectivity index (χ0n) is 9.94. The van der Waals surface area contributed by atoms with E-state index in [1.54, 1.807) is 0 Å². The van der Waals surface area contributed by atoms with Crippen LogP contribution in [0.5, 0.6) is 0 Å². The van der Waals surface area contributed by atoms with Gasteiger partial charge in [-0.1, -0.05) is 23.8 Å². The lowest BCUT2D eigenvalue weighted by Crippen LogP contribution is -2.29. The summed E-state index contributed by atoms with van der Waals surface area (Å²) in [7, 11) is -3.36. The van der Waals surface area contributed by atoms with E-state index in [1.165, 1.54) is 16.7 Å². The maximum absolute atomic E-state index is 10.8. The lowest BCUT2D eigenvalue weighted by atomic mass is 10.1. The largest absolute Gasteiger partial charge is 0.309 e. The van der Waals surface area contributed by atoms with Gasteiger partial charge in [0, 0.05) is 12.6 Å². The van der Waals surface area contributed by atoms with Crippen LogP contribution in [0.2, 0.25) is 0 Å². The molecule has 0 aliphatic heterocycles. The lowest BCUT2D eigenvalue weighted by Gasteiger charge is -2.14. The molecular formula is C12H18N2O2S. The van der Waals surface area contributed by atoms with Gasteiger partial charge in [-0.25, -0.2) is 13.6 Å². The quantitative estimate of drug-likeness (QED) is 0.837. The van der Waals surface area contributed by atoms with Gasteiger partial charge < -0.3 is 5.32 Å². The molecule has 0 aromatic heterocycles. The summed E-state index contributed by atoms with van der Waals surface area (Å²) in [5.41, 5.74) is 3.91. The van der Waals surface area contributed by atoms with Crippen molar-refractivity contribution in [2.24, 2.45) is 5.14 Å². The molecule has 0 amide bonds. The van der Waals surface area contributed by atoms with Gasteiger partial charge >= 0.3 is 0 Å². The molecule has 0 radical (unpaired) electrons. The summed E-state index contributed by atoms with van der Waals surface area (Å²) in [6.45, 7) is 2.48. The SMILES string of the molecule is Cc1ccc2c(c1)C(NCCS(N)(=O)=O)CC2. The number of hydrogen-bond acceptors (Lipinski definition) is 3. The van der Waals surface area contributed by atoms with E-state index in [-0.39, 0.29) is 11.8 Å². The van der Waals surface area contributed by atoms with Crippen molar-refractivity contribution < 1.29 is 8.42 Å². The minimum Gasteiger partial charge on any atom is -0.309 e. The van der Waals surface area contributed by atoms with Crippen molar-refractivity contribution in [1.29, 1.82) is 0 Å². The third kappa shape index (κ3) is 3.28. The Bertz CT molecular complexity index is 511. The van der Waals surface area contributed by atoms with Crippen LogP contribution in [-0.2, 0) is 16.4 Å². The predicted octanol–water partition coefficient (Wildman–Crippen LogP) is 0.860. The van der Waals surface area contributed by atoms with Gasteiger partial charge in [0.2, 0.25) is 10.0 Å². The topological polar surface area (TPSA) is 72.2 Å². The summed E-state index contributed by atoms with van der Waals surface area (Å²) >= 11 is 0. The summed E-state index contributed by atoms with van der Waals surface area (Å²) < 4.78 is 21.7. The molecule has 1 aromatic rings. The first kappa shape index (κ1) is 12.5. The molecule has 3 N–H and O–H groups in total. The lowest BCUT2D eigenvalue weighted by molar-refractivity contribution is 0.541. The monoisotopic (exact) mass is 254 g/mol. The second kappa shape index (κ2) is 4.76. The van der Waals surface area contributed by atoms with Crippen molar-refractivity contribution in [3.05, 3.63) is 34.9 Å². The first-order chi connectivity index (χ1) is 7.96. The number of benzene rings is 1. The van der Waals surface area contributed by atoms with Crippen LogP contribution in [0.1, 0.15) is 29.2 Å². The van der Waals surface area contributed by atoms with Crippen LogP contribution >= 0.6 is 0 Å². The van der Waals surface area contributed by atoms with E-state index in [9.17, 15) is 8.42 Å². The van der Waals surface area contributed by atoms with Gasteiger partial charge in [0.25, 0.3) is 0 Å². The predicted molar refractivity (Wildman–Crippen MR) is 68.2 cm³/mol. The number of rotatable bonds is 4. The Balaban J connectivity index is 2.00. The highest BCUT2D eigenvalue weighted by Crippen LogP contribution is 2.31. The summed E-state index contributed by atoms with van der Waals surface area (Å²) in [5, 5.41) is 8.23. The Labute approximate surface area is 102 Å². The van der Waals surface area contributed by atoms with E-state index in [2.05, 4.69) is 30.4 Å². The number of nitrogens with two attached hydrogens (primary N) is 1. The Hall–Kier alpha value is -0.910. The second-order valence-corrected chi connectivity index (χ2v) is 6.35. The van der Waals surface area contributed by atoms with Gasteiger partial charge in [0.05, 0.1) is 5.75 Å². The maximum Gasteiger partial charge on any atom is 0.210 e. The number of primary sulfonamides is 1. The number of fused-ring (bicyclic) bond motifs is 1. The highest BCUT2D eigenvalue weighted by atomic mass is 32.2. The van der Waals surface area contributed by atoms with Crippen molar-refractivity contribution in [3.63, 3.8) is 0 Å². The van der Waals surface area contributed by atoms with Crippen molar-refractivity contribution in [1.82, 2.24) is 5.32 Å². The van der Waals surface area contributed by atoms with E-state index in [0.717, 1.165) is 12.8 Å². The van der Waals surface area contributed by atoms with Gasteiger partial charge in [-0.3, -0.25) is 0 Å². The Morgan fingerprint density at radius 3 is 2.94 bits per heavy atom. The first-order valence-electron chi connectivity index (χ1n) is 5.79. The minimum atomic E-state index is -3.36. The third-order valence-electron chi connectivity index (χ3n) is 3.16. The van der Waals surface area contributed by atoms with E-state index >= 15 is 0 Å². The fourth-order valence-corrected chi connectivity index (χ4v) is 2.71. The molecule has 2 rings (SSSR count). The molecule has 94 valence electrons. The van der Waals surface area contributed by atoms with Crippen LogP contribution in [0, 0.1) is 6.92 Å². The zero-order valence-corrected chi connectivity index (χ0v) is 10.8. The smallest absolute Gasteiger partial charge is 0.210 e. The number of sulfonamides is 1.